The summed E-state index contributed by atoms with van der Waals surface area (Å²) >= 11 is 1.78. The molecule has 0 aliphatic rings. The highest BCUT2D eigenvalue weighted by Crippen LogP contribution is 2.42. The van der Waals surface area contributed by atoms with E-state index in [1.165, 1.54) is 31.1 Å². The van der Waals surface area contributed by atoms with Crippen LogP contribution in [0.3, 0.4) is 0 Å². The van der Waals surface area contributed by atoms with E-state index in [9.17, 15) is 0 Å². The zero-order valence-electron chi connectivity index (χ0n) is 25.7. The summed E-state index contributed by atoms with van der Waals surface area (Å²) in [6, 6.07) is 21.3. The zero-order valence-corrected chi connectivity index (χ0v) is 26.5. The van der Waals surface area contributed by atoms with E-state index in [1.807, 2.05) is 6.07 Å². The number of thiophene rings is 1. The summed E-state index contributed by atoms with van der Waals surface area (Å²) in [7, 11) is 0. The zero-order chi connectivity index (χ0) is 33.7. The molecule has 0 radical (unpaired) electrons. The van der Waals surface area contributed by atoms with Crippen LogP contribution in [-0.4, -0.2) is 0 Å². The van der Waals surface area contributed by atoms with Gasteiger partial charge < -0.3 is 4.42 Å². The van der Waals surface area contributed by atoms with Crippen molar-refractivity contribution in [1.82, 2.24) is 0 Å². The van der Waals surface area contributed by atoms with Crippen LogP contribution in [0, 0.1) is 150 Å². The van der Waals surface area contributed by atoms with Gasteiger partial charge in [0.1, 0.15) is 11.2 Å². The molecule has 2 heteroatoms. The van der Waals surface area contributed by atoms with E-state index in [0.29, 0.717) is 0 Å². The maximum Gasteiger partial charge on any atom is 0.143 e. The lowest BCUT2D eigenvalue weighted by Gasteiger charge is -2.01. The Morgan fingerprint density at radius 1 is 0.469 bits per heavy atom. The third-order valence-electron chi connectivity index (χ3n) is 6.75. The molecule has 0 amide bonds. The van der Waals surface area contributed by atoms with Gasteiger partial charge in [-0.15, -0.1) is 17.8 Å². The molecule has 0 bridgehead atoms. The monoisotopic (exact) mass is 626 g/mol. The van der Waals surface area contributed by atoms with E-state index in [0.717, 1.165) is 32.9 Å². The summed E-state index contributed by atoms with van der Waals surface area (Å²) in [5.41, 5.74) is 3.94. The van der Waals surface area contributed by atoms with Gasteiger partial charge in [0.25, 0.3) is 0 Å². The Kier molecular flexibility index (Phi) is 9.61. The van der Waals surface area contributed by atoms with Gasteiger partial charge in [-0.05, 0) is 144 Å². The fourth-order valence-corrected chi connectivity index (χ4v) is 6.01. The van der Waals surface area contributed by atoms with Crippen molar-refractivity contribution in [2.24, 2.45) is 0 Å². The quantitative estimate of drug-likeness (QED) is 0.160. The van der Waals surface area contributed by atoms with Crippen molar-refractivity contribution in [2.45, 2.75) is 6.92 Å². The van der Waals surface area contributed by atoms with Gasteiger partial charge in [-0.1, -0.05) is 29.7 Å². The van der Waals surface area contributed by atoms with Crippen LogP contribution >= 0.6 is 11.3 Å². The lowest BCUT2D eigenvalue weighted by atomic mass is 10.0. The van der Waals surface area contributed by atoms with Crippen LogP contribution in [0.4, 0.5) is 0 Å². The standard InChI is InChI=1S/C47H14OS/c1-3-4-5-6-7-8-9-10-11-12-13-14-15-16-17-18-19-20-21-22-23-24-25-37-27-33-45-43(35-37)41-31-28-38-40(47(41)49-45)30-29-39-42-34-36(2)26-32-44(42)48-46(38)39/h1,26-35H,2H3. The number of aryl methyl sites for hydroxylation is 1. The van der Waals surface area contributed by atoms with Gasteiger partial charge >= 0.3 is 0 Å². The Morgan fingerprint density at radius 2 is 0.959 bits per heavy atom. The summed E-state index contributed by atoms with van der Waals surface area (Å²) in [6.45, 7) is 2.10. The molecule has 6 rings (SSSR count). The van der Waals surface area contributed by atoms with Crippen LogP contribution in [0.15, 0.2) is 65.1 Å². The molecule has 0 aliphatic carbocycles. The van der Waals surface area contributed by atoms with Crippen LogP contribution in [0.2, 0.25) is 0 Å². The smallest absolute Gasteiger partial charge is 0.143 e. The highest BCUT2D eigenvalue weighted by Gasteiger charge is 2.14. The van der Waals surface area contributed by atoms with Crippen molar-refractivity contribution in [2.75, 3.05) is 0 Å². The first kappa shape index (κ1) is 30.9. The largest absolute Gasteiger partial charge is 0.455 e. The summed E-state index contributed by atoms with van der Waals surface area (Å²) in [4.78, 5) is 0. The first-order chi connectivity index (χ1) is 24.2. The van der Waals surface area contributed by atoms with Crippen LogP contribution in [0.25, 0.3) is 52.9 Å². The maximum atomic E-state index is 6.33. The Balaban J connectivity index is 1.10. The Bertz CT molecular complexity index is 3180. The molecule has 0 spiro atoms. The van der Waals surface area contributed by atoms with E-state index in [2.05, 4.69) is 198 Å². The number of benzene rings is 4. The van der Waals surface area contributed by atoms with Crippen LogP contribution < -0.4 is 0 Å². The van der Waals surface area contributed by atoms with Crippen LogP contribution in [0.1, 0.15) is 11.1 Å². The molecule has 0 aliphatic heterocycles. The second-order valence-corrected chi connectivity index (χ2v) is 10.8. The first-order valence-corrected chi connectivity index (χ1v) is 15.2. The lowest BCUT2D eigenvalue weighted by molar-refractivity contribution is 0.672. The van der Waals surface area contributed by atoms with Gasteiger partial charge in [0.15, 0.2) is 0 Å². The van der Waals surface area contributed by atoms with Crippen molar-refractivity contribution in [1.29, 1.82) is 0 Å². The minimum absolute atomic E-state index is 0.882. The maximum absolute atomic E-state index is 6.33. The number of furan rings is 1. The molecule has 2 heterocycles. The molecule has 0 N–H and O–H groups in total. The number of terminal acetylenes is 1. The molecule has 0 saturated heterocycles. The van der Waals surface area contributed by atoms with Gasteiger partial charge in [-0.3, -0.25) is 0 Å². The lowest BCUT2D eigenvalue weighted by Crippen LogP contribution is -1.76. The van der Waals surface area contributed by atoms with Crippen molar-refractivity contribution >= 4 is 64.2 Å². The summed E-state index contributed by atoms with van der Waals surface area (Å²) in [5.74, 6) is 59.0. The molecular formula is C47H14OS. The van der Waals surface area contributed by atoms with E-state index in [4.69, 9.17) is 10.8 Å². The van der Waals surface area contributed by atoms with Gasteiger partial charge in [-0.25, -0.2) is 0 Å². The Morgan fingerprint density at radius 3 is 1.53 bits per heavy atom. The van der Waals surface area contributed by atoms with Gasteiger partial charge in [0.2, 0.25) is 0 Å². The van der Waals surface area contributed by atoms with E-state index >= 15 is 0 Å². The SMILES string of the molecule is C#CC#CC#CC#CC#CC#CC#CC#CC#CC#CC#CC#Cc1ccc2sc3c(ccc4c3ccc3c5cc(C)ccc5oc34)c2c1. The topological polar surface area (TPSA) is 13.1 Å². The highest BCUT2D eigenvalue weighted by atomic mass is 32.1. The molecule has 0 saturated carbocycles. The predicted octanol–water partition coefficient (Wildman–Crippen LogP) is 7.43. The molecule has 4 aromatic carbocycles. The molecule has 0 unspecified atom stereocenters. The highest BCUT2D eigenvalue weighted by molar-refractivity contribution is 7.26. The fourth-order valence-electron chi connectivity index (χ4n) is 4.80. The molecule has 1 nitrogen and oxygen atoms in total. The molecule has 6 aromatic rings. The van der Waals surface area contributed by atoms with Gasteiger partial charge in [0, 0.05) is 82.8 Å². The Hall–Kier alpha value is -8.12. The van der Waals surface area contributed by atoms with Crippen molar-refractivity contribution in [3.63, 3.8) is 0 Å². The van der Waals surface area contributed by atoms with Crippen LogP contribution in [0.5, 0.6) is 0 Å². The molecule has 0 atom stereocenters. The third-order valence-corrected chi connectivity index (χ3v) is 7.97. The fraction of sp³-hybridized carbons (Fsp3) is 0.0213. The number of hydrogen-bond donors (Lipinski definition) is 0. The molecule has 214 valence electrons. The molecular weight excluding hydrogens is 613 g/mol. The Labute approximate surface area is 288 Å². The third kappa shape index (κ3) is 7.41. The second-order valence-electron chi connectivity index (χ2n) is 9.79. The normalized spacial score (nSPS) is 8.33. The first-order valence-electron chi connectivity index (χ1n) is 14.4. The average Bonchev–Trinajstić information content (AvgIpc) is 3.68. The van der Waals surface area contributed by atoms with E-state index in [-0.39, 0.29) is 0 Å². The molecule has 2 aromatic heterocycles. The predicted molar refractivity (Wildman–Crippen MR) is 202 cm³/mol. The minimum Gasteiger partial charge on any atom is -0.455 e. The number of hydrogen-bond acceptors (Lipinski definition) is 2. The molecule has 0 fully saturated rings. The number of rotatable bonds is 0. The van der Waals surface area contributed by atoms with Crippen LogP contribution in [-0.2, 0) is 0 Å². The van der Waals surface area contributed by atoms with Gasteiger partial charge in [-0.2, -0.15) is 0 Å². The molecule has 49 heavy (non-hydrogen) atoms. The van der Waals surface area contributed by atoms with E-state index in [1.54, 1.807) is 11.3 Å². The van der Waals surface area contributed by atoms with E-state index < -0.39 is 0 Å². The summed E-state index contributed by atoms with van der Waals surface area (Å²) in [6.07, 6.45) is 4.96. The average molecular weight is 627 g/mol. The second kappa shape index (κ2) is 15.2. The van der Waals surface area contributed by atoms with Crippen molar-refractivity contribution in [3.8, 4) is 143 Å². The summed E-state index contributed by atoms with van der Waals surface area (Å²) < 4.78 is 8.76. The van der Waals surface area contributed by atoms with Crippen molar-refractivity contribution in [3.05, 3.63) is 71.8 Å². The summed E-state index contributed by atoms with van der Waals surface area (Å²) in [5, 5.41) is 6.96. The van der Waals surface area contributed by atoms with Crippen molar-refractivity contribution < 1.29 is 4.42 Å². The number of fused-ring (bicyclic) bond motifs is 9. The minimum atomic E-state index is 0.882. The van der Waals surface area contributed by atoms with Gasteiger partial charge in [0.05, 0.1) is 0 Å².